The summed E-state index contributed by atoms with van der Waals surface area (Å²) in [5, 5.41) is 10.9. The second-order valence-electron chi connectivity index (χ2n) is 7.85. The van der Waals surface area contributed by atoms with E-state index in [1.165, 1.54) is 35.3 Å². The largest absolute Gasteiger partial charge is 0.353 e. The molecule has 8 nitrogen and oxygen atoms in total. The summed E-state index contributed by atoms with van der Waals surface area (Å²) in [6.07, 6.45) is 1.51. The predicted molar refractivity (Wildman–Crippen MR) is 129 cm³/mol. The minimum Gasteiger partial charge on any atom is -0.353 e. The lowest BCUT2D eigenvalue weighted by molar-refractivity contribution is 0.0220. The summed E-state index contributed by atoms with van der Waals surface area (Å²) in [6.45, 7) is 1.76. The van der Waals surface area contributed by atoms with Crippen molar-refractivity contribution in [1.82, 2.24) is 20.5 Å². The molecule has 184 valence electrons. The van der Waals surface area contributed by atoms with Crippen molar-refractivity contribution in [3.05, 3.63) is 105 Å². The van der Waals surface area contributed by atoms with Crippen LogP contribution in [0.25, 0.3) is 0 Å². The Bertz CT molecular complexity index is 1460. The van der Waals surface area contributed by atoms with Crippen molar-refractivity contribution in [2.24, 2.45) is 7.05 Å². The van der Waals surface area contributed by atoms with Crippen molar-refractivity contribution >= 4 is 34.7 Å². The molecule has 0 bridgehead atoms. The standard InChI is InChI=1S/C25H20ClF2N5O3/c1-14-3-4-15(25(35)32-36-13-18-12-29-33(2)31-18)9-20(14)24(34)19-7-6-17(11-21(19)26)30-23-8-5-16(27)10-22(23)28/h3-12,30H,13H2,1-2H3,(H,32,35). The molecule has 11 heteroatoms. The number of nitrogens with zero attached hydrogens (tertiary/aromatic N) is 3. The fraction of sp³-hybridized carbons (Fsp3) is 0.120. The zero-order valence-electron chi connectivity index (χ0n) is 19.2. The van der Waals surface area contributed by atoms with Crippen molar-refractivity contribution in [3.63, 3.8) is 0 Å². The topological polar surface area (TPSA) is 98.1 Å². The second kappa shape index (κ2) is 10.6. The second-order valence-corrected chi connectivity index (χ2v) is 8.26. The quantitative estimate of drug-likeness (QED) is 0.258. The number of anilines is 2. The highest BCUT2D eigenvalue weighted by Crippen LogP contribution is 2.28. The van der Waals surface area contributed by atoms with E-state index in [4.69, 9.17) is 16.4 Å². The maximum absolute atomic E-state index is 13.9. The van der Waals surface area contributed by atoms with E-state index >= 15 is 0 Å². The number of amides is 1. The Morgan fingerprint density at radius 3 is 2.56 bits per heavy atom. The maximum atomic E-state index is 13.9. The van der Waals surface area contributed by atoms with Gasteiger partial charge in [-0.2, -0.15) is 15.0 Å². The van der Waals surface area contributed by atoms with Crippen LogP contribution < -0.4 is 10.8 Å². The molecule has 2 N–H and O–H groups in total. The van der Waals surface area contributed by atoms with Gasteiger partial charge in [0.15, 0.2) is 5.78 Å². The molecule has 1 aromatic heterocycles. The molecule has 0 atom stereocenters. The molecule has 0 radical (unpaired) electrons. The van der Waals surface area contributed by atoms with E-state index in [1.54, 1.807) is 32.2 Å². The van der Waals surface area contributed by atoms with Gasteiger partial charge >= 0.3 is 0 Å². The van der Waals surface area contributed by atoms with Crippen LogP contribution in [0.1, 0.15) is 37.5 Å². The van der Waals surface area contributed by atoms with Gasteiger partial charge in [0.2, 0.25) is 0 Å². The number of hydroxylamine groups is 1. The minimum atomic E-state index is -0.766. The van der Waals surface area contributed by atoms with Gasteiger partial charge in [-0.15, -0.1) is 0 Å². The molecule has 36 heavy (non-hydrogen) atoms. The normalized spacial score (nSPS) is 10.8. The maximum Gasteiger partial charge on any atom is 0.274 e. The monoisotopic (exact) mass is 511 g/mol. The van der Waals surface area contributed by atoms with Crippen LogP contribution in [-0.4, -0.2) is 26.7 Å². The smallest absolute Gasteiger partial charge is 0.274 e. The summed E-state index contributed by atoms with van der Waals surface area (Å²) in [5.41, 5.74) is 4.65. The van der Waals surface area contributed by atoms with Crippen LogP contribution in [0.4, 0.5) is 20.2 Å². The van der Waals surface area contributed by atoms with Gasteiger partial charge in [0.1, 0.15) is 23.9 Å². The summed E-state index contributed by atoms with van der Waals surface area (Å²) in [4.78, 5) is 32.3. The molecule has 0 aliphatic heterocycles. The lowest BCUT2D eigenvalue weighted by Gasteiger charge is -2.12. The molecule has 0 saturated heterocycles. The van der Waals surface area contributed by atoms with E-state index in [-0.39, 0.29) is 34.0 Å². The molecule has 4 aromatic rings. The van der Waals surface area contributed by atoms with Crippen molar-refractivity contribution in [2.75, 3.05) is 5.32 Å². The molecule has 3 aromatic carbocycles. The van der Waals surface area contributed by atoms with Gasteiger partial charge in [0.05, 0.1) is 16.9 Å². The third-order valence-electron chi connectivity index (χ3n) is 5.20. The molecule has 0 aliphatic rings. The summed E-state index contributed by atoms with van der Waals surface area (Å²) in [7, 11) is 1.66. The number of carbonyl (C=O) groups excluding carboxylic acids is 2. The van der Waals surface area contributed by atoms with Crippen molar-refractivity contribution < 1.29 is 23.2 Å². The number of nitrogens with one attached hydrogen (secondary N) is 2. The van der Waals surface area contributed by atoms with E-state index in [2.05, 4.69) is 21.0 Å². The predicted octanol–water partition coefficient (Wildman–Crippen LogP) is 4.89. The van der Waals surface area contributed by atoms with Crippen molar-refractivity contribution in [2.45, 2.75) is 13.5 Å². The minimum absolute atomic E-state index is 0.0229. The lowest BCUT2D eigenvalue weighted by atomic mass is 9.96. The Balaban J connectivity index is 1.48. The number of ketones is 1. The van der Waals surface area contributed by atoms with Gasteiger partial charge < -0.3 is 5.32 Å². The SMILES string of the molecule is Cc1ccc(C(=O)NOCc2cnn(C)n2)cc1C(=O)c1ccc(Nc2ccc(F)cc2F)cc1Cl. The zero-order valence-corrected chi connectivity index (χ0v) is 19.9. The molecule has 4 rings (SSSR count). The molecule has 1 heterocycles. The highest BCUT2D eigenvalue weighted by atomic mass is 35.5. The average molecular weight is 512 g/mol. The van der Waals surface area contributed by atoms with Gasteiger partial charge in [-0.3, -0.25) is 14.4 Å². The fourth-order valence-electron chi connectivity index (χ4n) is 3.36. The number of aromatic nitrogens is 3. The molecule has 0 saturated carbocycles. The molecular formula is C25H20ClF2N5O3. The van der Waals surface area contributed by atoms with Gasteiger partial charge in [-0.1, -0.05) is 17.7 Å². The third kappa shape index (κ3) is 5.73. The molecular weight excluding hydrogens is 492 g/mol. The summed E-state index contributed by atoms with van der Waals surface area (Å²) in [5.74, 6) is -2.40. The van der Waals surface area contributed by atoms with Crippen LogP contribution in [0.2, 0.25) is 5.02 Å². The Morgan fingerprint density at radius 2 is 1.86 bits per heavy atom. The van der Waals surface area contributed by atoms with Crippen LogP contribution in [0.5, 0.6) is 0 Å². The number of rotatable bonds is 8. The van der Waals surface area contributed by atoms with E-state index in [9.17, 15) is 18.4 Å². The number of hydrogen-bond donors (Lipinski definition) is 2. The first-order valence-electron chi connectivity index (χ1n) is 10.7. The summed E-state index contributed by atoms with van der Waals surface area (Å²) >= 11 is 6.36. The van der Waals surface area contributed by atoms with Crippen LogP contribution in [0, 0.1) is 18.6 Å². The number of carbonyl (C=O) groups is 2. The number of hydrogen-bond acceptors (Lipinski definition) is 6. The Labute approximate surface area is 209 Å². The van der Waals surface area contributed by atoms with Crippen LogP contribution in [0.3, 0.4) is 0 Å². The third-order valence-corrected chi connectivity index (χ3v) is 5.51. The van der Waals surface area contributed by atoms with Gasteiger partial charge in [0.25, 0.3) is 5.91 Å². The van der Waals surface area contributed by atoms with E-state index in [1.807, 2.05) is 0 Å². The lowest BCUT2D eigenvalue weighted by Crippen LogP contribution is -2.24. The van der Waals surface area contributed by atoms with Crippen LogP contribution in [-0.2, 0) is 18.5 Å². The molecule has 0 aliphatic carbocycles. The highest BCUT2D eigenvalue weighted by molar-refractivity contribution is 6.35. The van der Waals surface area contributed by atoms with E-state index in [0.29, 0.717) is 16.9 Å². The van der Waals surface area contributed by atoms with Crippen molar-refractivity contribution in [1.29, 1.82) is 0 Å². The number of halogens is 3. The Kier molecular flexibility index (Phi) is 7.37. The van der Waals surface area contributed by atoms with E-state index < -0.39 is 23.3 Å². The number of benzene rings is 3. The molecule has 1 amide bonds. The Hall–Kier alpha value is -4.15. The van der Waals surface area contributed by atoms with Crippen LogP contribution >= 0.6 is 11.6 Å². The first-order chi connectivity index (χ1) is 17.2. The Morgan fingerprint density at radius 1 is 1.06 bits per heavy atom. The summed E-state index contributed by atoms with van der Waals surface area (Å²) in [6, 6.07) is 12.3. The zero-order chi connectivity index (χ0) is 25.8. The molecule has 0 unspecified atom stereocenters. The first kappa shape index (κ1) is 25.0. The van der Waals surface area contributed by atoms with E-state index in [0.717, 1.165) is 12.1 Å². The highest BCUT2D eigenvalue weighted by Gasteiger charge is 2.18. The first-order valence-corrected chi connectivity index (χ1v) is 11.0. The van der Waals surface area contributed by atoms with Gasteiger partial charge in [-0.05, 0) is 55.0 Å². The average Bonchev–Trinajstić information content (AvgIpc) is 3.25. The van der Waals surface area contributed by atoms with Crippen molar-refractivity contribution in [3.8, 4) is 0 Å². The van der Waals surface area contributed by atoms with Gasteiger partial charge in [-0.25, -0.2) is 14.3 Å². The summed E-state index contributed by atoms with van der Waals surface area (Å²) < 4.78 is 27.1. The van der Waals surface area contributed by atoms with Gasteiger partial charge in [0, 0.05) is 35.5 Å². The number of aryl methyl sites for hydroxylation is 2. The fourth-order valence-corrected chi connectivity index (χ4v) is 3.63. The van der Waals surface area contributed by atoms with Crippen LogP contribution in [0.15, 0.2) is 60.8 Å². The molecule has 0 fully saturated rings. The molecule has 0 spiro atoms.